The predicted octanol–water partition coefficient (Wildman–Crippen LogP) is 1.48. The molecule has 1 N–H and O–H groups in total. The summed E-state index contributed by atoms with van der Waals surface area (Å²) < 4.78 is 0. The quantitative estimate of drug-likeness (QED) is 0.714. The Balaban J connectivity index is 1.69. The van der Waals surface area contributed by atoms with E-state index in [2.05, 4.69) is 16.7 Å². The second-order valence-corrected chi connectivity index (χ2v) is 6.29. The summed E-state index contributed by atoms with van der Waals surface area (Å²) in [4.78, 5) is 2.62. The molecule has 2 aliphatic heterocycles. The molecular weight excluding hydrogens is 194 g/mol. The first-order valence-electron chi connectivity index (χ1n) is 5.90. The Bertz CT molecular complexity index is 223. The number of rotatable bonds is 1. The van der Waals surface area contributed by atoms with Crippen molar-refractivity contribution < 1.29 is 5.11 Å². The van der Waals surface area contributed by atoms with Gasteiger partial charge in [-0.3, -0.25) is 4.90 Å². The zero-order valence-electron chi connectivity index (χ0n) is 8.56. The van der Waals surface area contributed by atoms with Crippen LogP contribution in [0.1, 0.15) is 32.1 Å². The molecule has 1 saturated carbocycles. The molecule has 0 spiro atoms. The molecule has 2 bridgehead atoms. The maximum atomic E-state index is 10.0. The van der Waals surface area contributed by atoms with Crippen molar-refractivity contribution in [2.45, 2.75) is 55.5 Å². The summed E-state index contributed by atoms with van der Waals surface area (Å²) in [7, 11) is 0. The van der Waals surface area contributed by atoms with Crippen molar-refractivity contribution in [1.29, 1.82) is 0 Å². The molecule has 3 fully saturated rings. The van der Waals surface area contributed by atoms with Gasteiger partial charge in [-0.2, -0.15) is 11.8 Å². The minimum Gasteiger partial charge on any atom is -0.391 e. The fraction of sp³-hybridized carbons (Fsp3) is 1.00. The number of nitrogens with zero attached hydrogens (tertiary/aromatic N) is 1. The Morgan fingerprint density at radius 1 is 1.21 bits per heavy atom. The summed E-state index contributed by atoms with van der Waals surface area (Å²) in [6.07, 6.45) is 6.17. The lowest BCUT2D eigenvalue weighted by atomic mass is 9.91. The minimum atomic E-state index is -0.0342. The van der Waals surface area contributed by atoms with Gasteiger partial charge in [0.2, 0.25) is 0 Å². The van der Waals surface area contributed by atoms with E-state index in [9.17, 15) is 5.11 Å². The van der Waals surface area contributed by atoms with E-state index < -0.39 is 0 Å². The average Bonchev–Trinajstić information content (AvgIpc) is 2.79. The van der Waals surface area contributed by atoms with Gasteiger partial charge in [0.15, 0.2) is 0 Å². The molecule has 0 aromatic carbocycles. The molecule has 80 valence electrons. The van der Waals surface area contributed by atoms with Crippen LogP contribution in [0.25, 0.3) is 0 Å². The molecule has 4 unspecified atom stereocenters. The van der Waals surface area contributed by atoms with Crippen LogP contribution in [0.3, 0.4) is 0 Å². The Kier molecular flexibility index (Phi) is 2.50. The van der Waals surface area contributed by atoms with Crippen LogP contribution >= 0.6 is 11.8 Å². The van der Waals surface area contributed by atoms with Gasteiger partial charge in [0.05, 0.1) is 6.10 Å². The Morgan fingerprint density at radius 2 is 2.07 bits per heavy atom. The molecular formula is C11H19NOS. The molecule has 0 aromatic heterocycles. The van der Waals surface area contributed by atoms with Crippen LogP contribution in [0, 0.1) is 0 Å². The fourth-order valence-electron chi connectivity index (χ4n) is 3.31. The van der Waals surface area contributed by atoms with Crippen molar-refractivity contribution in [2.75, 3.05) is 12.3 Å². The van der Waals surface area contributed by atoms with Crippen LogP contribution < -0.4 is 0 Å². The van der Waals surface area contributed by atoms with Gasteiger partial charge in [0, 0.05) is 29.6 Å². The van der Waals surface area contributed by atoms with Gasteiger partial charge in [-0.25, -0.2) is 0 Å². The van der Waals surface area contributed by atoms with E-state index in [-0.39, 0.29) is 6.10 Å². The first-order valence-corrected chi connectivity index (χ1v) is 6.95. The molecule has 1 aliphatic carbocycles. The number of hydrogen-bond donors (Lipinski definition) is 1. The molecule has 3 rings (SSSR count). The first-order chi connectivity index (χ1) is 6.84. The van der Waals surface area contributed by atoms with Gasteiger partial charge < -0.3 is 5.11 Å². The van der Waals surface area contributed by atoms with Crippen LogP contribution in [0.5, 0.6) is 0 Å². The number of fused-ring (bicyclic) bond motifs is 2. The summed E-state index contributed by atoms with van der Waals surface area (Å²) in [6.45, 7) is 1.25. The topological polar surface area (TPSA) is 23.5 Å². The van der Waals surface area contributed by atoms with E-state index in [4.69, 9.17) is 0 Å². The molecule has 2 saturated heterocycles. The van der Waals surface area contributed by atoms with Crippen LogP contribution in [-0.4, -0.2) is 45.7 Å². The molecule has 3 aliphatic rings. The lowest BCUT2D eigenvalue weighted by Gasteiger charge is -2.39. The third-order valence-corrected chi connectivity index (χ3v) is 5.45. The molecule has 0 aromatic rings. The van der Waals surface area contributed by atoms with E-state index in [1.165, 1.54) is 38.0 Å². The SMILES string of the molecule is OC1CCCCC1N1CC2CC1CS2. The standard InChI is InChI=1S/C11H19NOS/c13-11-4-2-1-3-10(11)12-6-9-5-8(12)7-14-9/h8-11,13H,1-7H2. The van der Waals surface area contributed by atoms with Crippen LogP contribution in [0.2, 0.25) is 0 Å². The zero-order valence-corrected chi connectivity index (χ0v) is 9.38. The van der Waals surface area contributed by atoms with Crippen LogP contribution in [0.4, 0.5) is 0 Å². The summed E-state index contributed by atoms with van der Waals surface area (Å²) >= 11 is 2.14. The van der Waals surface area contributed by atoms with E-state index in [0.717, 1.165) is 17.7 Å². The average molecular weight is 213 g/mol. The molecule has 14 heavy (non-hydrogen) atoms. The highest BCUT2D eigenvalue weighted by Crippen LogP contribution is 2.40. The summed E-state index contributed by atoms with van der Waals surface area (Å²) in [5.74, 6) is 1.31. The van der Waals surface area contributed by atoms with Crippen molar-refractivity contribution in [3.05, 3.63) is 0 Å². The molecule has 3 heteroatoms. The van der Waals surface area contributed by atoms with Gasteiger partial charge in [-0.05, 0) is 19.3 Å². The van der Waals surface area contributed by atoms with Gasteiger partial charge >= 0.3 is 0 Å². The van der Waals surface area contributed by atoms with E-state index in [1.54, 1.807) is 0 Å². The normalized spacial score (nSPS) is 48.6. The highest BCUT2D eigenvalue weighted by molar-refractivity contribution is 8.00. The van der Waals surface area contributed by atoms with Crippen LogP contribution in [0.15, 0.2) is 0 Å². The lowest BCUT2D eigenvalue weighted by Crippen LogP contribution is -2.49. The molecule has 2 nitrogen and oxygen atoms in total. The highest BCUT2D eigenvalue weighted by Gasteiger charge is 2.43. The molecule has 0 radical (unpaired) electrons. The van der Waals surface area contributed by atoms with Gasteiger partial charge in [0.1, 0.15) is 0 Å². The Morgan fingerprint density at radius 3 is 2.71 bits per heavy atom. The second kappa shape index (κ2) is 3.69. The lowest BCUT2D eigenvalue weighted by molar-refractivity contribution is 0.0167. The maximum absolute atomic E-state index is 10.0. The van der Waals surface area contributed by atoms with Crippen molar-refractivity contribution in [3.8, 4) is 0 Å². The number of likely N-dealkylation sites (tertiary alicyclic amines) is 1. The van der Waals surface area contributed by atoms with Gasteiger partial charge in [0.25, 0.3) is 0 Å². The number of thioether (sulfide) groups is 1. The molecule has 2 heterocycles. The zero-order chi connectivity index (χ0) is 9.54. The number of aliphatic hydroxyl groups excluding tert-OH is 1. The van der Waals surface area contributed by atoms with E-state index in [1.807, 2.05) is 0 Å². The second-order valence-electron chi connectivity index (χ2n) is 4.96. The monoisotopic (exact) mass is 213 g/mol. The summed E-state index contributed by atoms with van der Waals surface area (Å²) in [5, 5.41) is 10.9. The third-order valence-electron chi connectivity index (χ3n) is 4.06. The van der Waals surface area contributed by atoms with Gasteiger partial charge in [-0.15, -0.1) is 0 Å². The summed E-state index contributed by atoms with van der Waals surface area (Å²) in [6, 6.07) is 1.29. The summed E-state index contributed by atoms with van der Waals surface area (Å²) in [5.41, 5.74) is 0. The van der Waals surface area contributed by atoms with Crippen molar-refractivity contribution in [1.82, 2.24) is 4.90 Å². The predicted molar refractivity (Wildman–Crippen MR) is 59.6 cm³/mol. The van der Waals surface area contributed by atoms with E-state index in [0.29, 0.717) is 6.04 Å². The Labute approximate surface area is 90.0 Å². The first kappa shape index (κ1) is 9.49. The molecule has 4 atom stereocenters. The minimum absolute atomic E-state index is 0.0342. The van der Waals surface area contributed by atoms with Crippen molar-refractivity contribution in [2.24, 2.45) is 0 Å². The largest absolute Gasteiger partial charge is 0.391 e. The fourth-order valence-corrected chi connectivity index (χ4v) is 4.77. The van der Waals surface area contributed by atoms with Crippen LogP contribution in [-0.2, 0) is 0 Å². The smallest absolute Gasteiger partial charge is 0.0695 e. The maximum Gasteiger partial charge on any atom is 0.0695 e. The number of aliphatic hydroxyl groups is 1. The molecule has 0 amide bonds. The number of hydrogen-bond acceptors (Lipinski definition) is 3. The van der Waals surface area contributed by atoms with E-state index >= 15 is 0 Å². The van der Waals surface area contributed by atoms with Crippen molar-refractivity contribution >= 4 is 11.8 Å². The van der Waals surface area contributed by atoms with Crippen molar-refractivity contribution in [3.63, 3.8) is 0 Å². The Hall–Kier alpha value is 0.270. The highest BCUT2D eigenvalue weighted by atomic mass is 32.2. The van der Waals surface area contributed by atoms with Gasteiger partial charge in [-0.1, -0.05) is 12.8 Å². The third kappa shape index (κ3) is 1.50.